The number of aryl methyl sites for hydroxylation is 1. The van der Waals surface area contributed by atoms with Gasteiger partial charge in [0.15, 0.2) is 6.10 Å². The maximum absolute atomic E-state index is 11.6. The molecule has 3 N–H and O–H groups in total. The number of hydrogen-bond donors (Lipinski definition) is 3. The van der Waals surface area contributed by atoms with Gasteiger partial charge in [0.2, 0.25) is 10.0 Å². The number of nitrogens with zero attached hydrogens (tertiary/aromatic N) is 1. The van der Waals surface area contributed by atoms with Crippen LogP contribution in [-0.2, 0) is 21.9 Å². The van der Waals surface area contributed by atoms with Gasteiger partial charge < -0.3 is 14.8 Å². The molecule has 0 aliphatic carbocycles. The number of nitrogens with one attached hydrogen (secondary N) is 1. The van der Waals surface area contributed by atoms with E-state index in [0.717, 1.165) is 0 Å². The molecule has 0 bridgehead atoms. The molecule has 1 aromatic heterocycles. The quantitative estimate of drug-likeness (QED) is 0.618. The van der Waals surface area contributed by atoms with Gasteiger partial charge in [-0.3, -0.25) is 0 Å². The van der Waals surface area contributed by atoms with Crippen LogP contribution in [0, 0.1) is 0 Å². The number of sulfonamides is 1. The predicted molar refractivity (Wildman–Crippen MR) is 58.9 cm³/mol. The van der Waals surface area contributed by atoms with Crippen LogP contribution in [0.15, 0.2) is 23.4 Å². The Morgan fingerprint density at radius 3 is 2.71 bits per heavy atom. The third kappa shape index (κ3) is 3.84. The highest BCUT2D eigenvalue weighted by molar-refractivity contribution is 7.89. The Labute approximate surface area is 98.7 Å². The van der Waals surface area contributed by atoms with Crippen molar-refractivity contribution < 1.29 is 23.4 Å². The summed E-state index contributed by atoms with van der Waals surface area (Å²) in [6.07, 6.45) is 1.27. The summed E-state index contributed by atoms with van der Waals surface area (Å²) in [6, 6.07) is 1.43. The summed E-state index contributed by atoms with van der Waals surface area (Å²) in [4.78, 5) is 10.4. The lowest BCUT2D eigenvalue weighted by molar-refractivity contribution is -0.146. The second-order valence-corrected chi connectivity index (χ2v) is 5.32. The van der Waals surface area contributed by atoms with E-state index in [-0.39, 0.29) is 17.9 Å². The highest BCUT2D eigenvalue weighted by Gasteiger charge is 2.17. The molecule has 0 fully saturated rings. The summed E-state index contributed by atoms with van der Waals surface area (Å²) in [5, 5.41) is 17.4. The van der Waals surface area contributed by atoms with E-state index in [0.29, 0.717) is 0 Å². The number of aliphatic hydroxyl groups excluding tert-OH is 1. The van der Waals surface area contributed by atoms with E-state index in [4.69, 9.17) is 10.2 Å². The van der Waals surface area contributed by atoms with Crippen LogP contribution in [0.5, 0.6) is 0 Å². The van der Waals surface area contributed by atoms with Crippen molar-refractivity contribution in [3.05, 3.63) is 18.5 Å². The lowest BCUT2D eigenvalue weighted by atomic mass is 10.3. The number of carbonyl (C=O) groups is 1. The van der Waals surface area contributed by atoms with Crippen LogP contribution >= 0.6 is 0 Å². The second-order valence-electron chi connectivity index (χ2n) is 3.55. The Balaban J connectivity index is 2.54. The van der Waals surface area contributed by atoms with Crippen molar-refractivity contribution in [1.82, 2.24) is 9.29 Å². The van der Waals surface area contributed by atoms with Crippen molar-refractivity contribution in [1.29, 1.82) is 0 Å². The van der Waals surface area contributed by atoms with Crippen molar-refractivity contribution in [2.24, 2.45) is 7.05 Å². The molecule has 8 heteroatoms. The lowest BCUT2D eigenvalue weighted by Crippen LogP contribution is -2.30. The number of rotatable bonds is 6. The molecule has 1 unspecified atom stereocenters. The Morgan fingerprint density at radius 2 is 2.24 bits per heavy atom. The molecule has 0 spiro atoms. The van der Waals surface area contributed by atoms with Crippen LogP contribution in [0.25, 0.3) is 0 Å². The third-order valence-electron chi connectivity index (χ3n) is 2.11. The first-order chi connectivity index (χ1) is 7.83. The van der Waals surface area contributed by atoms with Gasteiger partial charge >= 0.3 is 5.97 Å². The number of aliphatic carboxylic acids is 1. The van der Waals surface area contributed by atoms with E-state index in [9.17, 15) is 13.2 Å². The second kappa shape index (κ2) is 5.30. The number of aromatic nitrogens is 1. The van der Waals surface area contributed by atoms with Gasteiger partial charge in [-0.05, 0) is 12.5 Å². The molecule has 1 atom stereocenters. The highest BCUT2D eigenvalue weighted by Crippen LogP contribution is 2.07. The molecule has 0 aliphatic rings. The summed E-state index contributed by atoms with van der Waals surface area (Å²) < 4.78 is 27.1. The zero-order valence-corrected chi connectivity index (χ0v) is 10.0. The third-order valence-corrected chi connectivity index (χ3v) is 3.56. The predicted octanol–water partition coefficient (Wildman–Crippen LogP) is -0.861. The fraction of sp³-hybridized carbons (Fsp3) is 0.444. The van der Waals surface area contributed by atoms with Gasteiger partial charge in [0.1, 0.15) is 0 Å². The molecular weight excluding hydrogens is 248 g/mol. The number of carboxylic acid groups (broad SMARTS) is 1. The molecule has 1 aromatic rings. The zero-order valence-electron chi connectivity index (χ0n) is 9.20. The first kappa shape index (κ1) is 13.7. The molecule has 17 heavy (non-hydrogen) atoms. The molecule has 0 saturated carbocycles. The van der Waals surface area contributed by atoms with Crippen molar-refractivity contribution in [3.63, 3.8) is 0 Å². The molecule has 96 valence electrons. The largest absolute Gasteiger partial charge is 0.479 e. The minimum atomic E-state index is -3.64. The van der Waals surface area contributed by atoms with E-state index < -0.39 is 22.1 Å². The first-order valence-corrected chi connectivity index (χ1v) is 6.34. The fourth-order valence-electron chi connectivity index (χ4n) is 1.17. The van der Waals surface area contributed by atoms with Gasteiger partial charge in [-0.2, -0.15) is 0 Å². The minimum Gasteiger partial charge on any atom is -0.479 e. The maximum atomic E-state index is 11.6. The summed E-state index contributed by atoms with van der Waals surface area (Å²) in [6.45, 7) is -0.134. The van der Waals surface area contributed by atoms with Gasteiger partial charge in [0.05, 0.1) is 4.90 Å². The molecule has 0 radical (unpaired) electrons. The van der Waals surface area contributed by atoms with Crippen molar-refractivity contribution in [2.45, 2.75) is 17.4 Å². The average molecular weight is 262 g/mol. The molecule has 0 aliphatic heterocycles. The molecule has 1 rings (SSSR count). The van der Waals surface area contributed by atoms with E-state index in [1.165, 1.54) is 12.3 Å². The summed E-state index contributed by atoms with van der Waals surface area (Å²) in [5.41, 5.74) is 0. The fourth-order valence-corrected chi connectivity index (χ4v) is 2.27. The van der Waals surface area contributed by atoms with Gasteiger partial charge in [-0.15, -0.1) is 0 Å². The lowest BCUT2D eigenvalue weighted by Gasteiger charge is -2.07. The SMILES string of the molecule is Cn1ccc(S(=O)(=O)NCCC(O)C(=O)O)c1. The van der Waals surface area contributed by atoms with Gasteiger partial charge in [0.25, 0.3) is 0 Å². The Morgan fingerprint density at radius 1 is 1.59 bits per heavy atom. The van der Waals surface area contributed by atoms with Crippen molar-refractivity contribution >= 4 is 16.0 Å². The van der Waals surface area contributed by atoms with E-state index in [1.54, 1.807) is 17.8 Å². The first-order valence-electron chi connectivity index (χ1n) is 4.85. The molecule has 1 heterocycles. The monoisotopic (exact) mass is 262 g/mol. The van der Waals surface area contributed by atoms with E-state index in [1.807, 2.05) is 0 Å². The topological polar surface area (TPSA) is 109 Å². The van der Waals surface area contributed by atoms with Crippen LogP contribution in [0.4, 0.5) is 0 Å². The standard InChI is InChI=1S/C9H14N2O5S/c1-11-5-3-7(6-11)17(15,16)10-4-2-8(12)9(13)14/h3,5-6,8,10,12H,2,4H2,1H3,(H,13,14). The van der Waals surface area contributed by atoms with Gasteiger partial charge in [-0.25, -0.2) is 17.9 Å². The zero-order chi connectivity index (χ0) is 13.1. The highest BCUT2D eigenvalue weighted by atomic mass is 32.2. The van der Waals surface area contributed by atoms with Crippen LogP contribution in [0.2, 0.25) is 0 Å². The van der Waals surface area contributed by atoms with Crippen molar-refractivity contribution in [3.8, 4) is 0 Å². The average Bonchev–Trinajstić information content (AvgIpc) is 2.65. The normalized spacial score (nSPS) is 13.5. The maximum Gasteiger partial charge on any atom is 0.332 e. The summed E-state index contributed by atoms with van der Waals surface area (Å²) in [7, 11) is -1.95. The number of aliphatic hydroxyl groups is 1. The Bertz CT molecular complexity index is 493. The molecule has 7 nitrogen and oxygen atoms in total. The Kier molecular flexibility index (Phi) is 4.27. The molecule has 0 amide bonds. The molecular formula is C9H14N2O5S. The van der Waals surface area contributed by atoms with E-state index in [2.05, 4.69) is 4.72 Å². The van der Waals surface area contributed by atoms with Gasteiger partial charge in [0, 0.05) is 26.0 Å². The number of hydrogen-bond acceptors (Lipinski definition) is 4. The smallest absolute Gasteiger partial charge is 0.332 e. The molecule has 0 saturated heterocycles. The van der Waals surface area contributed by atoms with Crippen LogP contribution in [-0.4, -0.2) is 41.8 Å². The number of carboxylic acids is 1. The van der Waals surface area contributed by atoms with Crippen LogP contribution in [0.1, 0.15) is 6.42 Å². The van der Waals surface area contributed by atoms with E-state index >= 15 is 0 Å². The van der Waals surface area contributed by atoms with Crippen LogP contribution in [0.3, 0.4) is 0 Å². The van der Waals surface area contributed by atoms with Gasteiger partial charge in [-0.1, -0.05) is 0 Å². The molecule has 0 aromatic carbocycles. The Hall–Kier alpha value is -1.38. The minimum absolute atomic E-state index is 0.102. The van der Waals surface area contributed by atoms with Crippen molar-refractivity contribution in [2.75, 3.05) is 6.54 Å². The van der Waals surface area contributed by atoms with Crippen LogP contribution < -0.4 is 4.72 Å². The summed E-state index contributed by atoms with van der Waals surface area (Å²) in [5.74, 6) is -1.37. The summed E-state index contributed by atoms with van der Waals surface area (Å²) >= 11 is 0.